The van der Waals surface area contributed by atoms with Gasteiger partial charge in [-0.05, 0) is 103 Å². The molecule has 0 spiro atoms. The molecule has 2 saturated carbocycles. The van der Waals surface area contributed by atoms with E-state index in [4.69, 9.17) is 4.74 Å². The highest BCUT2D eigenvalue weighted by atomic mass is 19.3. The summed E-state index contributed by atoms with van der Waals surface area (Å²) in [5.74, 6) is -3.93. The van der Waals surface area contributed by atoms with E-state index in [-0.39, 0.29) is 16.9 Å². The molecule has 3 aromatic rings. The molecule has 0 atom stereocenters. The Labute approximate surface area is 250 Å². The molecule has 0 aliphatic heterocycles. The van der Waals surface area contributed by atoms with Gasteiger partial charge in [-0.25, -0.2) is 17.6 Å². The Bertz CT molecular complexity index is 1330. The maximum absolute atomic E-state index is 15.2. The van der Waals surface area contributed by atoms with Crippen LogP contribution in [-0.2, 0) is 0 Å². The molecule has 0 bridgehead atoms. The Morgan fingerprint density at radius 3 is 1.79 bits per heavy atom. The quantitative estimate of drug-likeness (QED) is 0.127. The lowest BCUT2D eigenvalue weighted by molar-refractivity contribution is -0.224. The summed E-state index contributed by atoms with van der Waals surface area (Å²) < 4.78 is 90.9. The standard InChI is InChI=1S/C36H40F6O/c1-2-3-4-5-23-6-8-24(9-7-23)25-10-15-29(16-11-25)36(41,42)43-30-17-12-26(13-18-30)27-14-19-31(32(37)20-27)28-21-33(38)35(40)34(39)22-28/h12-14,17-25,29H,2-11,15-16H2,1H3. The summed E-state index contributed by atoms with van der Waals surface area (Å²) in [5, 5.41) is 0. The third-order valence-corrected chi connectivity index (χ3v) is 9.73. The van der Waals surface area contributed by atoms with Gasteiger partial charge in [-0.1, -0.05) is 69.7 Å². The molecule has 0 unspecified atom stereocenters. The minimum absolute atomic E-state index is 0.0339. The molecule has 2 aliphatic carbocycles. The molecule has 3 aromatic carbocycles. The van der Waals surface area contributed by atoms with Gasteiger partial charge in [0.2, 0.25) is 0 Å². The minimum Gasteiger partial charge on any atom is -0.432 e. The molecule has 2 aliphatic rings. The number of hydrogen-bond donors (Lipinski definition) is 0. The maximum Gasteiger partial charge on any atom is 0.400 e. The van der Waals surface area contributed by atoms with Gasteiger partial charge in [0.05, 0.1) is 5.92 Å². The molecule has 2 fully saturated rings. The smallest absolute Gasteiger partial charge is 0.400 e. The molecule has 7 heteroatoms. The number of unbranched alkanes of at least 4 members (excludes halogenated alkanes) is 2. The van der Waals surface area contributed by atoms with Gasteiger partial charge in [-0.2, -0.15) is 8.78 Å². The van der Waals surface area contributed by atoms with Crippen LogP contribution in [0.5, 0.6) is 5.75 Å². The first kappa shape index (κ1) is 31.5. The van der Waals surface area contributed by atoms with Crippen LogP contribution in [0, 0.1) is 46.9 Å². The topological polar surface area (TPSA) is 9.23 Å². The molecule has 0 radical (unpaired) electrons. The Hall–Kier alpha value is -2.96. The van der Waals surface area contributed by atoms with E-state index in [2.05, 4.69) is 6.92 Å². The van der Waals surface area contributed by atoms with Crippen LogP contribution in [0.2, 0.25) is 0 Å². The third kappa shape index (κ3) is 7.58. The molecule has 0 saturated heterocycles. The average molecular weight is 603 g/mol. The van der Waals surface area contributed by atoms with Gasteiger partial charge in [0.25, 0.3) is 0 Å². The normalized spacial score (nSPS) is 22.9. The Morgan fingerprint density at radius 1 is 0.651 bits per heavy atom. The molecule has 232 valence electrons. The van der Waals surface area contributed by atoms with Gasteiger partial charge in [-0.15, -0.1) is 0 Å². The minimum atomic E-state index is -3.28. The number of hydrogen-bond acceptors (Lipinski definition) is 1. The number of halogens is 6. The molecular formula is C36H40F6O. The number of rotatable bonds is 10. The zero-order valence-corrected chi connectivity index (χ0v) is 24.7. The van der Waals surface area contributed by atoms with Crippen LogP contribution in [0.1, 0.15) is 84.0 Å². The summed E-state index contributed by atoms with van der Waals surface area (Å²) in [6.45, 7) is 2.24. The Balaban J connectivity index is 1.14. The maximum atomic E-state index is 15.2. The first-order valence-corrected chi connectivity index (χ1v) is 15.8. The van der Waals surface area contributed by atoms with Crippen molar-refractivity contribution in [3.63, 3.8) is 0 Å². The van der Waals surface area contributed by atoms with E-state index >= 15 is 8.78 Å². The first-order valence-electron chi connectivity index (χ1n) is 15.8. The molecular weight excluding hydrogens is 562 g/mol. The van der Waals surface area contributed by atoms with Crippen LogP contribution in [-0.4, -0.2) is 6.11 Å². The van der Waals surface area contributed by atoms with E-state index in [0.717, 1.165) is 30.9 Å². The summed E-state index contributed by atoms with van der Waals surface area (Å²) in [7, 11) is 0. The summed E-state index contributed by atoms with van der Waals surface area (Å²) in [4.78, 5) is 0. The van der Waals surface area contributed by atoms with Gasteiger partial charge < -0.3 is 4.74 Å². The SMILES string of the molecule is CCCCCC1CCC(C2CCC(C(F)(F)Oc3ccc(-c4ccc(-c5cc(F)c(F)c(F)c5)c(F)c4)cc3)CC2)CC1. The van der Waals surface area contributed by atoms with Gasteiger partial charge in [0.1, 0.15) is 11.6 Å². The van der Waals surface area contributed by atoms with E-state index in [1.807, 2.05) is 0 Å². The second-order valence-corrected chi connectivity index (χ2v) is 12.5. The second-order valence-electron chi connectivity index (χ2n) is 12.5. The number of ether oxygens (including phenoxy) is 1. The van der Waals surface area contributed by atoms with E-state index < -0.39 is 35.3 Å². The predicted octanol–water partition coefficient (Wildman–Crippen LogP) is 11.7. The van der Waals surface area contributed by atoms with Gasteiger partial charge >= 0.3 is 6.11 Å². The summed E-state index contributed by atoms with van der Waals surface area (Å²) >= 11 is 0. The van der Waals surface area contributed by atoms with Crippen molar-refractivity contribution >= 4 is 0 Å². The van der Waals surface area contributed by atoms with Crippen molar-refractivity contribution < 1.29 is 31.1 Å². The largest absolute Gasteiger partial charge is 0.432 e. The molecule has 5 rings (SSSR count). The van der Waals surface area contributed by atoms with Crippen molar-refractivity contribution in [2.24, 2.45) is 23.7 Å². The van der Waals surface area contributed by atoms with Crippen LogP contribution in [0.25, 0.3) is 22.3 Å². The summed E-state index contributed by atoms with van der Waals surface area (Å²) in [6, 6.07) is 11.5. The van der Waals surface area contributed by atoms with E-state index in [0.29, 0.717) is 35.8 Å². The number of benzene rings is 3. The van der Waals surface area contributed by atoms with Crippen molar-refractivity contribution in [2.75, 3.05) is 0 Å². The molecule has 43 heavy (non-hydrogen) atoms. The van der Waals surface area contributed by atoms with Gasteiger partial charge in [0.15, 0.2) is 17.5 Å². The monoisotopic (exact) mass is 602 g/mol. The molecule has 0 aromatic heterocycles. The zero-order chi connectivity index (χ0) is 30.6. The summed E-state index contributed by atoms with van der Waals surface area (Å²) in [5.41, 5.74) is 0.769. The summed E-state index contributed by atoms with van der Waals surface area (Å²) in [6.07, 6.45) is 9.56. The number of alkyl halides is 2. The Morgan fingerprint density at radius 2 is 1.21 bits per heavy atom. The van der Waals surface area contributed by atoms with Crippen LogP contribution in [0.15, 0.2) is 54.6 Å². The molecule has 0 heterocycles. The van der Waals surface area contributed by atoms with E-state index in [1.54, 1.807) is 18.2 Å². The Kier molecular flexibility index (Phi) is 10.1. The van der Waals surface area contributed by atoms with Crippen LogP contribution in [0.3, 0.4) is 0 Å². The fraction of sp³-hybridized carbons (Fsp3) is 0.500. The van der Waals surface area contributed by atoms with Gasteiger partial charge in [-0.3, -0.25) is 0 Å². The van der Waals surface area contributed by atoms with E-state index in [9.17, 15) is 17.6 Å². The van der Waals surface area contributed by atoms with Gasteiger partial charge in [0, 0.05) is 5.56 Å². The van der Waals surface area contributed by atoms with Crippen molar-refractivity contribution in [1.82, 2.24) is 0 Å². The predicted molar refractivity (Wildman–Crippen MR) is 158 cm³/mol. The third-order valence-electron chi connectivity index (χ3n) is 9.73. The lowest BCUT2D eigenvalue weighted by Gasteiger charge is -2.39. The van der Waals surface area contributed by atoms with Crippen molar-refractivity contribution in [3.8, 4) is 28.0 Å². The fourth-order valence-electron chi connectivity index (χ4n) is 7.15. The highest BCUT2D eigenvalue weighted by Crippen LogP contribution is 2.46. The van der Waals surface area contributed by atoms with Crippen LogP contribution in [0.4, 0.5) is 26.3 Å². The van der Waals surface area contributed by atoms with E-state index in [1.165, 1.54) is 75.6 Å². The van der Waals surface area contributed by atoms with Crippen LogP contribution < -0.4 is 4.74 Å². The zero-order valence-electron chi connectivity index (χ0n) is 24.7. The van der Waals surface area contributed by atoms with Crippen LogP contribution >= 0.6 is 0 Å². The molecule has 0 amide bonds. The fourth-order valence-corrected chi connectivity index (χ4v) is 7.15. The first-order chi connectivity index (χ1) is 20.6. The second kappa shape index (κ2) is 13.8. The highest BCUT2D eigenvalue weighted by Gasteiger charge is 2.45. The van der Waals surface area contributed by atoms with Crippen molar-refractivity contribution in [1.29, 1.82) is 0 Å². The average Bonchev–Trinajstić information content (AvgIpc) is 3.00. The lowest BCUT2D eigenvalue weighted by Crippen LogP contribution is -2.38. The van der Waals surface area contributed by atoms with Crippen molar-refractivity contribution in [3.05, 3.63) is 77.9 Å². The lowest BCUT2D eigenvalue weighted by atomic mass is 9.68. The van der Waals surface area contributed by atoms with Crippen molar-refractivity contribution in [2.45, 2.75) is 90.1 Å². The molecule has 0 N–H and O–H groups in total. The highest BCUT2D eigenvalue weighted by molar-refractivity contribution is 5.71. The molecule has 1 nitrogen and oxygen atoms in total.